The van der Waals surface area contributed by atoms with Crippen LogP contribution in [0.2, 0.25) is 0 Å². The Bertz CT molecular complexity index is 2870. The SMILES string of the molecule is CC(=O)Nc1nc(C)c(S(=O)(=O)CCCCCCCNc2ccccc2CCc2ccc(C(=O)O)cc2)s1.O=C(O)c1ccc(CCc2ccccc2NCCCCCCCS(=O)(=O)c2ccccc2)cc1. The van der Waals surface area contributed by atoms with Gasteiger partial charge in [0.25, 0.3) is 0 Å². The molecule has 0 atom stereocenters. The maximum absolute atomic E-state index is 12.7. The summed E-state index contributed by atoms with van der Waals surface area (Å²) in [7, 11) is -6.58. The summed E-state index contributed by atoms with van der Waals surface area (Å²) in [5.74, 6) is -1.80. The van der Waals surface area contributed by atoms with Crippen LogP contribution in [0.1, 0.15) is 120 Å². The molecule has 72 heavy (non-hydrogen) atoms. The van der Waals surface area contributed by atoms with Gasteiger partial charge in [0.2, 0.25) is 5.91 Å². The van der Waals surface area contributed by atoms with Crippen molar-refractivity contribution in [2.45, 2.75) is 113 Å². The van der Waals surface area contributed by atoms with Crippen molar-refractivity contribution in [1.82, 2.24) is 4.98 Å². The predicted molar refractivity (Wildman–Crippen MR) is 289 cm³/mol. The molecule has 0 aliphatic carbocycles. The van der Waals surface area contributed by atoms with Gasteiger partial charge in [0.05, 0.1) is 33.2 Å². The molecule has 0 radical (unpaired) electrons. The Morgan fingerprint density at radius 3 is 1.39 bits per heavy atom. The highest BCUT2D eigenvalue weighted by atomic mass is 32.2. The number of aromatic nitrogens is 1. The Hall–Kier alpha value is -6.36. The van der Waals surface area contributed by atoms with Gasteiger partial charge in [0.1, 0.15) is 4.21 Å². The number of amides is 1. The summed E-state index contributed by atoms with van der Waals surface area (Å²) in [4.78, 5) is 37.8. The third-order valence-corrected chi connectivity index (χ3v) is 17.4. The van der Waals surface area contributed by atoms with E-state index >= 15 is 0 Å². The fraction of sp³-hybridized carbons (Fsp3) is 0.357. The number of rotatable bonds is 29. The average molecular weight is 1040 g/mol. The summed E-state index contributed by atoms with van der Waals surface area (Å²) in [6, 6.07) is 39.3. The molecule has 0 unspecified atom stereocenters. The van der Waals surface area contributed by atoms with Crippen molar-refractivity contribution >= 4 is 65.4 Å². The highest BCUT2D eigenvalue weighted by molar-refractivity contribution is 7.93. The average Bonchev–Trinajstić information content (AvgIpc) is 3.75. The molecule has 0 bridgehead atoms. The van der Waals surface area contributed by atoms with E-state index in [1.807, 2.05) is 54.6 Å². The van der Waals surface area contributed by atoms with Crippen LogP contribution in [0.4, 0.5) is 16.5 Å². The zero-order valence-corrected chi connectivity index (χ0v) is 43.7. The highest BCUT2D eigenvalue weighted by Crippen LogP contribution is 2.29. The Balaban J connectivity index is 0.000000269. The monoisotopic (exact) mass is 1040 g/mol. The molecule has 16 heteroatoms. The van der Waals surface area contributed by atoms with E-state index in [4.69, 9.17) is 10.2 Å². The summed E-state index contributed by atoms with van der Waals surface area (Å²) in [6.45, 7) is 4.74. The van der Waals surface area contributed by atoms with E-state index in [1.54, 1.807) is 55.5 Å². The molecule has 6 rings (SSSR count). The molecule has 0 aliphatic heterocycles. The van der Waals surface area contributed by atoms with Crippen LogP contribution in [0.3, 0.4) is 0 Å². The van der Waals surface area contributed by atoms with Crippen LogP contribution in [-0.4, -0.2) is 74.5 Å². The topological polar surface area (TPSA) is 209 Å². The summed E-state index contributed by atoms with van der Waals surface area (Å²) >= 11 is 1.01. The van der Waals surface area contributed by atoms with Gasteiger partial charge in [-0.2, -0.15) is 0 Å². The first-order chi connectivity index (χ1) is 34.6. The molecular formula is C56H68N4O9S3. The molecule has 1 amide bonds. The molecule has 384 valence electrons. The van der Waals surface area contributed by atoms with Gasteiger partial charge in [0.15, 0.2) is 24.8 Å². The molecule has 0 fully saturated rings. The zero-order chi connectivity index (χ0) is 51.8. The number of aryl methyl sites for hydroxylation is 5. The van der Waals surface area contributed by atoms with E-state index in [1.165, 1.54) is 18.1 Å². The van der Waals surface area contributed by atoms with Crippen molar-refractivity contribution in [2.75, 3.05) is 40.5 Å². The number of carboxylic acids is 2. The number of benzene rings is 5. The van der Waals surface area contributed by atoms with Crippen molar-refractivity contribution in [1.29, 1.82) is 0 Å². The van der Waals surface area contributed by atoms with Gasteiger partial charge < -0.3 is 26.2 Å². The van der Waals surface area contributed by atoms with Crippen LogP contribution in [0, 0.1) is 6.92 Å². The Labute approximate surface area is 429 Å². The molecule has 1 heterocycles. The van der Waals surface area contributed by atoms with Gasteiger partial charge in [-0.15, -0.1) is 0 Å². The maximum Gasteiger partial charge on any atom is 0.335 e. The molecule has 0 aliphatic rings. The largest absolute Gasteiger partial charge is 0.478 e. The number of carboxylic acid groups (broad SMARTS) is 2. The Morgan fingerprint density at radius 1 is 0.514 bits per heavy atom. The fourth-order valence-corrected chi connectivity index (χ4v) is 12.5. The number of anilines is 3. The quantitative estimate of drug-likeness (QED) is 0.0278. The van der Waals surface area contributed by atoms with Crippen molar-refractivity contribution in [3.05, 3.63) is 166 Å². The van der Waals surface area contributed by atoms with Crippen LogP contribution in [0.25, 0.3) is 0 Å². The molecule has 0 spiro atoms. The van der Waals surface area contributed by atoms with Crippen molar-refractivity contribution in [2.24, 2.45) is 0 Å². The van der Waals surface area contributed by atoms with E-state index in [0.717, 1.165) is 124 Å². The van der Waals surface area contributed by atoms with Crippen molar-refractivity contribution < 1.29 is 41.4 Å². The number of aromatic carboxylic acids is 2. The molecule has 6 aromatic rings. The first kappa shape index (κ1) is 56.6. The third kappa shape index (κ3) is 19.3. The fourth-order valence-electron chi connectivity index (χ4n) is 8.06. The van der Waals surface area contributed by atoms with Crippen molar-refractivity contribution in [3.8, 4) is 0 Å². The predicted octanol–water partition coefficient (Wildman–Crippen LogP) is 11.7. The van der Waals surface area contributed by atoms with E-state index in [0.29, 0.717) is 39.7 Å². The number of thiazole rings is 1. The number of nitrogens with zero attached hydrogens (tertiary/aromatic N) is 1. The summed E-state index contributed by atoms with van der Waals surface area (Å²) in [5, 5.41) is 28.0. The lowest BCUT2D eigenvalue weighted by atomic mass is 10.0. The standard InChI is InChI=1S/C28H35N3O5S2.C28H33NO4S/c1-20-27(37-28(30-20)31-21(2)32)38(35,36)19-9-5-3-4-8-18-29-25-11-7-6-10-23(25)15-12-22-13-16-24(17-14-22)26(33)34;30-28(31)25-19-16-23(17-20-25)15-18-24-11-7-8-14-27(24)29-21-9-2-1-3-10-22-34(32,33)26-12-5-4-6-13-26/h6-7,10-11,13-14,16-17,29H,3-5,8-9,12,15,18-19H2,1-2H3,(H,33,34)(H,30,31,32);4-8,11-14,16-17,19-20,29H,1-3,9-10,15,18,21-22H2,(H,30,31). The number of hydrogen-bond acceptors (Lipinski definition) is 11. The van der Waals surface area contributed by atoms with E-state index in [-0.39, 0.29) is 21.6 Å². The second-order valence-corrected chi connectivity index (χ2v) is 23.1. The number of para-hydroxylation sites is 2. The normalized spacial score (nSPS) is 11.3. The zero-order valence-electron chi connectivity index (χ0n) is 41.3. The minimum absolute atomic E-state index is 0.0835. The summed E-state index contributed by atoms with van der Waals surface area (Å²) in [6.07, 6.45) is 12.6. The lowest BCUT2D eigenvalue weighted by Gasteiger charge is -2.12. The van der Waals surface area contributed by atoms with Crippen LogP contribution >= 0.6 is 11.3 Å². The van der Waals surface area contributed by atoms with Gasteiger partial charge in [-0.1, -0.05) is 129 Å². The molecule has 1 aromatic heterocycles. The lowest BCUT2D eigenvalue weighted by molar-refractivity contribution is -0.114. The lowest BCUT2D eigenvalue weighted by Crippen LogP contribution is -2.07. The smallest absolute Gasteiger partial charge is 0.335 e. The number of hydrogen-bond donors (Lipinski definition) is 5. The Kier molecular flexibility index (Phi) is 23.0. The molecule has 5 aromatic carbocycles. The molecule has 0 saturated heterocycles. The van der Waals surface area contributed by atoms with Crippen LogP contribution in [-0.2, 0) is 50.2 Å². The number of unbranched alkanes of at least 4 members (excludes halogenated alkanes) is 8. The van der Waals surface area contributed by atoms with E-state index in [9.17, 15) is 31.2 Å². The van der Waals surface area contributed by atoms with Crippen LogP contribution in [0.15, 0.2) is 136 Å². The molecule has 13 nitrogen and oxygen atoms in total. The van der Waals surface area contributed by atoms with Gasteiger partial charge in [0, 0.05) is 31.4 Å². The molecular weight excluding hydrogens is 969 g/mol. The maximum atomic E-state index is 12.7. The van der Waals surface area contributed by atoms with Gasteiger partial charge in [-0.05, 0) is 129 Å². The number of carbonyl (C=O) groups is 3. The Morgan fingerprint density at radius 2 is 0.931 bits per heavy atom. The third-order valence-electron chi connectivity index (χ3n) is 12.0. The van der Waals surface area contributed by atoms with Crippen LogP contribution in [0.5, 0.6) is 0 Å². The number of nitrogens with one attached hydrogen (secondary N) is 3. The van der Waals surface area contributed by atoms with Gasteiger partial charge in [-0.3, -0.25) is 4.79 Å². The first-order valence-corrected chi connectivity index (χ1v) is 28.8. The summed E-state index contributed by atoms with van der Waals surface area (Å²) in [5.41, 5.74) is 7.97. The second kappa shape index (κ2) is 29.2. The minimum Gasteiger partial charge on any atom is -0.478 e. The number of carbonyl (C=O) groups excluding carboxylic acids is 1. The minimum atomic E-state index is -3.41. The highest BCUT2D eigenvalue weighted by Gasteiger charge is 2.22. The van der Waals surface area contributed by atoms with Gasteiger partial charge in [-0.25, -0.2) is 31.4 Å². The van der Waals surface area contributed by atoms with E-state index in [2.05, 4.69) is 45.2 Å². The summed E-state index contributed by atoms with van der Waals surface area (Å²) < 4.78 is 50.2. The molecule has 5 N–H and O–H groups in total. The van der Waals surface area contributed by atoms with Crippen molar-refractivity contribution in [3.63, 3.8) is 0 Å². The van der Waals surface area contributed by atoms with E-state index < -0.39 is 31.6 Å². The molecule has 0 saturated carbocycles. The number of sulfone groups is 2. The van der Waals surface area contributed by atoms with Gasteiger partial charge >= 0.3 is 11.9 Å². The second-order valence-electron chi connectivity index (χ2n) is 17.7. The van der Waals surface area contributed by atoms with Crippen LogP contribution < -0.4 is 16.0 Å². The first-order valence-electron chi connectivity index (χ1n) is 24.6.